The highest BCUT2D eigenvalue weighted by atomic mass is 127. The molecule has 1 fully saturated rings. The van der Waals surface area contributed by atoms with Gasteiger partial charge >= 0.3 is 5.97 Å². The normalized spacial score (nSPS) is 22.6. The minimum Gasteiger partial charge on any atom is -0.480 e. The SMILES string of the molecule is CC1(C(=O)O)CCCCN1C(=O)c1cc(Br)ccc1I. The van der Waals surface area contributed by atoms with Crippen LogP contribution in [0, 0.1) is 3.57 Å². The van der Waals surface area contributed by atoms with Crippen molar-refractivity contribution in [1.29, 1.82) is 0 Å². The van der Waals surface area contributed by atoms with E-state index in [9.17, 15) is 14.7 Å². The Labute approximate surface area is 139 Å². The summed E-state index contributed by atoms with van der Waals surface area (Å²) in [5.74, 6) is -1.14. The minimum atomic E-state index is -1.11. The third-order valence-corrected chi connectivity index (χ3v) is 5.19. The van der Waals surface area contributed by atoms with Gasteiger partial charge in [0.15, 0.2) is 0 Å². The summed E-state index contributed by atoms with van der Waals surface area (Å²) in [4.78, 5) is 25.8. The molecule has 1 amide bonds. The first-order valence-corrected chi connectivity index (χ1v) is 8.24. The molecule has 0 radical (unpaired) electrons. The molecule has 1 aromatic carbocycles. The number of amides is 1. The van der Waals surface area contributed by atoms with Gasteiger partial charge in [-0.25, -0.2) is 4.79 Å². The second-order valence-corrected chi connectivity index (χ2v) is 7.19. The number of likely N-dealkylation sites (tertiary alicyclic amines) is 1. The molecule has 1 aliphatic rings. The second kappa shape index (κ2) is 6.01. The Balaban J connectivity index is 2.40. The van der Waals surface area contributed by atoms with E-state index < -0.39 is 11.5 Å². The molecule has 1 atom stereocenters. The second-order valence-electron chi connectivity index (χ2n) is 5.12. The van der Waals surface area contributed by atoms with Gasteiger partial charge in [-0.1, -0.05) is 15.9 Å². The molecule has 6 heteroatoms. The van der Waals surface area contributed by atoms with Crippen LogP contribution < -0.4 is 0 Å². The average molecular weight is 452 g/mol. The molecule has 1 heterocycles. The molecule has 1 unspecified atom stereocenters. The van der Waals surface area contributed by atoms with E-state index in [0.29, 0.717) is 18.5 Å². The summed E-state index contributed by atoms with van der Waals surface area (Å²) < 4.78 is 1.64. The zero-order valence-electron chi connectivity index (χ0n) is 11.0. The molecule has 0 aliphatic carbocycles. The molecule has 20 heavy (non-hydrogen) atoms. The van der Waals surface area contributed by atoms with Gasteiger partial charge in [-0.15, -0.1) is 0 Å². The molecular formula is C14H15BrINO3. The lowest BCUT2D eigenvalue weighted by atomic mass is 9.88. The van der Waals surface area contributed by atoms with E-state index in [1.54, 1.807) is 13.0 Å². The number of carbonyl (C=O) groups excluding carboxylic acids is 1. The highest BCUT2D eigenvalue weighted by Gasteiger charge is 2.44. The Kier molecular flexibility index (Phi) is 4.73. The maximum absolute atomic E-state index is 12.7. The number of carbonyl (C=O) groups is 2. The topological polar surface area (TPSA) is 57.6 Å². The smallest absolute Gasteiger partial charge is 0.329 e. The Morgan fingerprint density at radius 1 is 1.40 bits per heavy atom. The van der Waals surface area contributed by atoms with Crippen LogP contribution in [-0.2, 0) is 4.79 Å². The lowest BCUT2D eigenvalue weighted by molar-refractivity contribution is -0.150. The lowest BCUT2D eigenvalue weighted by Crippen LogP contribution is -2.57. The molecule has 0 aromatic heterocycles. The van der Waals surface area contributed by atoms with Crippen LogP contribution in [-0.4, -0.2) is 34.0 Å². The Morgan fingerprint density at radius 2 is 2.10 bits per heavy atom. The van der Waals surface area contributed by atoms with Crippen LogP contribution in [0.3, 0.4) is 0 Å². The van der Waals surface area contributed by atoms with E-state index in [-0.39, 0.29) is 5.91 Å². The lowest BCUT2D eigenvalue weighted by Gasteiger charge is -2.41. The van der Waals surface area contributed by atoms with Gasteiger partial charge in [-0.3, -0.25) is 4.79 Å². The van der Waals surface area contributed by atoms with Gasteiger partial charge in [-0.05, 0) is 67.0 Å². The molecule has 1 saturated heterocycles. The number of halogens is 2. The standard InChI is InChI=1S/C14H15BrINO3/c1-14(13(19)20)6-2-3-7-17(14)12(18)10-8-9(15)4-5-11(10)16/h4-5,8H,2-3,6-7H2,1H3,(H,19,20). The van der Waals surface area contributed by atoms with Crippen LogP contribution in [0.5, 0.6) is 0 Å². The molecule has 1 N–H and O–H groups in total. The molecule has 4 nitrogen and oxygen atoms in total. The van der Waals surface area contributed by atoms with Crippen molar-refractivity contribution in [2.45, 2.75) is 31.7 Å². The molecule has 0 spiro atoms. The van der Waals surface area contributed by atoms with Gasteiger partial charge < -0.3 is 10.0 Å². The third kappa shape index (κ3) is 2.86. The molecule has 0 bridgehead atoms. The van der Waals surface area contributed by atoms with Gasteiger partial charge in [0.05, 0.1) is 5.56 Å². The van der Waals surface area contributed by atoms with Crippen molar-refractivity contribution in [3.05, 3.63) is 31.8 Å². The molecule has 1 aliphatic heterocycles. The fraction of sp³-hybridized carbons (Fsp3) is 0.429. The summed E-state index contributed by atoms with van der Waals surface area (Å²) in [6, 6.07) is 5.46. The first kappa shape index (κ1) is 15.8. The highest BCUT2D eigenvalue weighted by molar-refractivity contribution is 14.1. The maximum atomic E-state index is 12.7. The Morgan fingerprint density at radius 3 is 2.75 bits per heavy atom. The number of carboxylic acid groups (broad SMARTS) is 1. The van der Waals surface area contributed by atoms with E-state index in [1.807, 2.05) is 12.1 Å². The van der Waals surface area contributed by atoms with E-state index in [2.05, 4.69) is 38.5 Å². The minimum absolute atomic E-state index is 0.208. The van der Waals surface area contributed by atoms with Gasteiger partial charge in [-0.2, -0.15) is 0 Å². The third-order valence-electron chi connectivity index (χ3n) is 3.76. The monoisotopic (exact) mass is 451 g/mol. The predicted molar refractivity (Wildman–Crippen MR) is 87.8 cm³/mol. The van der Waals surface area contributed by atoms with Gasteiger partial charge in [0.25, 0.3) is 5.91 Å². The van der Waals surface area contributed by atoms with Crippen molar-refractivity contribution in [2.75, 3.05) is 6.54 Å². The van der Waals surface area contributed by atoms with E-state index >= 15 is 0 Å². The number of hydrogen-bond acceptors (Lipinski definition) is 2. The average Bonchev–Trinajstić information content (AvgIpc) is 2.41. The molecular weight excluding hydrogens is 437 g/mol. The number of hydrogen-bond donors (Lipinski definition) is 1. The molecule has 108 valence electrons. The molecule has 1 aromatic rings. The first-order chi connectivity index (χ1) is 9.36. The van der Waals surface area contributed by atoms with Crippen molar-refractivity contribution >= 4 is 50.4 Å². The van der Waals surface area contributed by atoms with E-state index in [4.69, 9.17) is 0 Å². The zero-order valence-corrected chi connectivity index (χ0v) is 14.8. The summed E-state index contributed by atoms with van der Waals surface area (Å²) in [6.45, 7) is 2.13. The number of carboxylic acids is 1. The quantitative estimate of drug-likeness (QED) is 0.700. The summed E-state index contributed by atoms with van der Waals surface area (Å²) in [6.07, 6.45) is 2.18. The summed E-state index contributed by atoms with van der Waals surface area (Å²) in [5, 5.41) is 9.48. The largest absolute Gasteiger partial charge is 0.480 e. The van der Waals surface area contributed by atoms with Crippen LogP contribution >= 0.6 is 38.5 Å². The summed E-state index contributed by atoms with van der Waals surface area (Å²) in [5.41, 5.74) is -0.560. The zero-order chi connectivity index (χ0) is 14.9. The van der Waals surface area contributed by atoms with Gasteiger partial charge in [0.1, 0.15) is 5.54 Å². The predicted octanol–water partition coefficient (Wildman–Crippen LogP) is 3.52. The highest BCUT2D eigenvalue weighted by Crippen LogP contribution is 2.31. The van der Waals surface area contributed by atoms with Crippen molar-refractivity contribution in [2.24, 2.45) is 0 Å². The van der Waals surface area contributed by atoms with Crippen molar-refractivity contribution in [1.82, 2.24) is 4.90 Å². The number of benzene rings is 1. The fourth-order valence-electron chi connectivity index (χ4n) is 2.48. The van der Waals surface area contributed by atoms with Crippen LogP contribution in [0.1, 0.15) is 36.5 Å². The first-order valence-electron chi connectivity index (χ1n) is 6.36. The van der Waals surface area contributed by atoms with Crippen LogP contribution in [0.2, 0.25) is 0 Å². The van der Waals surface area contributed by atoms with E-state index in [0.717, 1.165) is 20.9 Å². The van der Waals surface area contributed by atoms with Crippen LogP contribution in [0.15, 0.2) is 22.7 Å². The fourth-order valence-corrected chi connectivity index (χ4v) is 3.40. The van der Waals surface area contributed by atoms with Gasteiger partial charge in [0.2, 0.25) is 0 Å². The maximum Gasteiger partial charge on any atom is 0.329 e. The number of aliphatic carboxylic acids is 1. The number of piperidine rings is 1. The van der Waals surface area contributed by atoms with Crippen molar-refractivity contribution in [3.63, 3.8) is 0 Å². The van der Waals surface area contributed by atoms with Crippen LogP contribution in [0.25, 0.3) is 0 Å². The number of rotatable bonds is 2. The van der Waals surface area contributed by atoms with Crippen molar-refractivity contribution < 1.29 is 14.7 Å². The molecule has 2 rings (SSSR count). The number of nitrogens with zero attached hydrogens (tertiary/aromatic N) is 1. The Bertz CT molecular complexity index is 563. The van der Waals surface area contributed by atoms with Crippen LogP contribution in [0.4, 0.5) is 0 Å². The molecule has 0 saturated carbocycles. The summed E-state index contributed by atoms with van der Waals surface area (Å²) in [7, 11) is 0. The van der Waals surface area contributed by atoms with E-state index in [1.165, 1.54) is 4.90 Å². The summed E-state index contributed by atoms with van der Waals surface area (Å²) >= 11 is 5.46. The van der Waals surface area contributed by atoms with Crippen molar-refractivity contribution in [3.8, 4) is 0 Å². The Hall–Kier alpha value is -0.630. The van der Waals surface area contributed by atoms with Gasteiger partial charge in [0, 0.05) is 14.6 Å².